The Morgan fingerprint density at radius 1 is 1.10 bits per heavy atom. The van der Waals surface area contributed by atoms with Gasteiger partial charge in [-0.15, -0.1) is 0 Å². The van der Waals surface area contributed by atoms with Crippen molar-refractivity contribution in [1.29, 1.82) is 0 Å². The van der Waals surface area contributed by atoms with Crippen molar-refractivity contribution in [1.82, 2.24) is 4.57 Å². The summed E-state index contributed by atoms with van der Waals surface area (Å²) >= 11 is 0. The first-order valence-electron chi connectivity index (χ1n) is 8.53. The molecule has 2 atom stereocenters. The fourth-order valence-electron chi connectivity index (χ4n) is 3.55. The van der Waals surface area contributed by atoms with E-state index in [1.54, 1.807) is 0 Å². The Labute approximate surface area is 126 Å². The number of aryl methyl sites for hydroxylation is 2. The van der Waals surface area contributed by atoms with Gasteiger partial charge in [-0.1, -0.05) is 66.2 Å². The molecule has 1 rings (SSSR count). The minimum atomic E-state index is 0.679. The van der Waals surface area contributed by atoms with Gasteiger partial charge in [0.05, 0.1) is 14.1 Å². The fraction of sp³-hybridized carbons (Fsp3) is 0.824. The standard InChI is InChI=1S/C17H34BN2/c1-7-9-11-15(3)18(16(4)12-10-8-2)17-19(5)13-14-20(17)6/h13-16H,7-12H2,1-6H3. The van der Waals surface area contributed by atoms with E-state index in [0.717, 1.165) is 11.6 Å². The first kappa shape index (κ1) is 17.3. The van der Waals surface area contributed by atoms with Gasteiger partial charge in [0.25, 0.3) is 0 Å². The Hall–Kier alpha value is -0.725. The normalized spacial score (nSPS) is 14.8. The van der Waals surface area contributed by atoms with Crippen LogP contribution in [0.5, 0.6) is 0 Å². The summed E-state index contributed by atoms with van der Waals surface area (Å²) in [5.41, 5.74) is 1.50. The molecule has 0 aliphatic carbocycles. The molecule has 1 heterocycles. The first-order chi connectivity index (χ1) is 9.52. The van der Waals surface area contributed by atoms with Crippen LogP contribution in [0.2, 0.25) is 11.6 Å². The van der Waals surface area contributed by atoms with Gasteiger partial charge in [-0.3, -0.25) is 9.13 Å². The molecule has 0 aliphatic heterocycles. The molecule has 1 aromatic heterocycles. The third-order valence-corrected chi connectivity index (χ3v) is 4.79. The van der Waals surface area contributed by atoms with Crippen LogP contribution in [0.25, 0.3) is 0 Å². The molecule has 0 aliphatic rings. The largest absolute Gasteiger partial charge is 0.277 e. The van der Waals surface area contributed by atoms with E-state index in [0.29, 0.717) is 6.71 Å². The van der Waals surface area contributed by atoms with Gasteiger partial charge < -0.3 is 0 Å². The molecular weight excluding hydrogens is 243 g/mol. The number of imidazole rings is 1. The molecule has 2 unspecified atom stereocenters. The first-order valence-corrected chi connectivity index (χ1v) is 8.53. The number of hydrogen-bond donors (Lipinski definition) is 0. The zero-order valence-electron chi connectivity index (χ0n) is 14.5. The summed E-state index contributed by atoms with van der Waals surface area (Å²) in [5.74, 6) is 1.53. The van der Waals surface area contributed by atoms with Crippen molar-refractivity contribution in [2.24, 2.45) is 14.1 Å². The van der Waals surface area contributed by atoms with Gasteiger partial charge in [-0.05, 0) is 0 Å². The lowest BCUT2D eigenvalue weighted by Gasteiger charge is -2.37. The van der Waals surface area contributed by atoms with E-state index in [-0.39, 0.29) is 0 Å². The topological polar surface area (TPSA) is 8.81 Å². The summed E-state index contributed by atoms with van der Waals surface area (Å²) in [6.45, 7) is 10.2. The minimum Gasteiger partial charge on any atom is -0.277 e. The lowest BCUT2D eigenvalue weighted by Crippen LogP contribution is -2.58. The van der Waals surface area contributed by atoms with Crippen LogP contribution in [-0.2, 0) is 14.1 Å². The van der Waals surface area contributed by atoms with Gasteiger partial charge in [0, 0.05) is 12.4 Å². The Morgan fingerprint density at radius 2 is 1.60 bits per heavy atom. The second kappa shape index (κ2) is 8.54. The van der Waals surface area contributed by atoms with Crippen molar-refractivity contribution in [3.63, 3.8) is 0 Å². The minimum absolute atomic E-state index is 0.679. The van der Waals surface area contributed by atoms with Gasteiger partial charge in [0.2, 0.25) is 0 Å². The zero-order valence-corrected chi connectivity index (χ0v) is 14.5. The predicted octanol–water partition coefficient (Wildman–Crippen LogP) is 3.71. The van der Waals surface area contributed by atoms with Gasteiger partial charge in [-0.2, -0.15) is 11.6 Å². The maximum absolute atomic E-state index is 2.45. The molecule has 1 aromatic rings. The quantitative estimate of drug-likeness (QED) is 0.480. The Morgan fingerprint density at radius 3 is 1.95 bits per heavy atom. The molecule has 115 valence electrons. The second-order valence-corrected chi connectivity index (χ2v) is 6.64. The predicted molar refractivity (Wildman–Crippen MR) is 89.9 cm³/mol. The monoisotopic (exact) mass is 277 g/mol. The third-order valence-electron chi connectivity index (χ3n) is 4.79. The molecule has 0 N–H and O–H groups in total. The molecule has 1 radical (unpaired) electrons. The zero-order chi connectivity index (χ0) is 15.1. The summed E-state index contributed by atoms with van der Waals surface area (Å²) in [5, 5.41) is 0. The number of nitrogens with zero attached hydrogens (tertiary/aromatic N) is 2. The van der Waals surface area contributed by atoms with Crippen molar-refractivity contribution in [3.05, 3.63) is 12.4 Å². The van der Waals surface area contributed by atoms with Crippen LogP contribution in [0.4, 0.5) is 0 Å². The van der Waals surface area contributed by atoms with Crippen molar-refractivity contribution < 1.29 is 4.57 Å². The molecule has 0 bridgehead atoms. The third kappa shape index (κ3) is 4.39. The van der Waals surface area contributed by atoms with E-state index in [1.165, 1.54) is 44.2 Å². The highest BCUT2D eigenvalue weighted by molar-refractivity contribution is 6.73. The van der Waals surface area contributed by atoms with Crippen molar-refractivity contribution in [2.75, 3.05) is 0 Å². The van der Waals surface area contributed by atoms with Crippen LogP contribution in [-0.4, -0.2) is 11.3 Å². The van der Waals surface area contributed by atoms with Crippen LogP contribution < -0.4 is 10.3 Å². The van der Waals surface area contributed by atoms with E-state index in [2.05, 4.69) is 63.3 Å². The average molecular weight is 277 g/mol. The summed E-state index contributed by atoms with van der Waals surface area (Å²) in [7, 11) is 4.39. The summed E-state index contributed by atoms with van der Waals surface area (Å²) in [6, 6.07) is 0. The van der Waals surface area contributed by atoms with E-state index in [1.807, 2.05) is 0 Å². The molecule has 2 nitrogen and oxygen atoms in total. The number of rotatable bonds is 9. The van der Waals surface area contributed by atoms with Crippen LogP contribution in [0.3, 0.4) is 0 Å². The van der Waals surface area contributed by atoms with Crippen molar-refractivity contribution in [2.45, 2.75) is 77.9 Å². The molecule has 0 fully saturated rings. The van der Waals surface area contributed by atoms with Gasteiger partial charge in [-0.25, -0.2) is 0 Å². The summed E-state index contributed by atoms with van der Waals surface area (Å²) in [4.78, 5) is 0. The average Bonchev–Trinajstić information content (AvgIpc) is 2.75. The Bertz CT molecular complexity index is 353. The molecule has 0 amide bonds. The molecule has 3 heteroatoms. The van der Waals surface area contributed by atoms with Crippen LogP contribution in [0, 0.1) is 0 Å². The van der Waals surface area contributed by atoms with Crippen molar-refractivity contribution >= 4 is 12.4 Å². The summed E-state index contributed by atoms with van der Waals surface area (Å²) < 4.78 is 4.66. The fourth-order valence-corrected chi connectivity index (χ4v) is 3.55. The highest BCUT2D eigenvalue weighted by Gasteiger charge is 2.23. The van der Waals surface area contributed by atoms with Crippen LogP contribution in [0.1, 0.15) is 66.2 Å². The highest BCUT2D eigenvalue weighted by atomic mass is 15.1. The van der Waals surface area contributed by atoms with Crippen LogP contribution >= 0.6 is 0 Å². The molecule has 0 spiro atoms. The molecule has 0 aromatic carbocycles. The molecule has 0 saturated carbocycles. The van der Waals surface area contributed by atoms with Crippen LogP contribution in [0.15, 0.2) is 12.4 Å². The Balaban J connectivity index is 2.94. The Kier molecular flexibility index (Phi) is 7.40. The molecule has 20 heavy (non-hydrogen) atoms. The lowest BCUT2D eigenvalue weighted by molar-refractivity contribution is -0.653. The molecule has 0 saturated heterocycles. The van der Waals surface area contributed by atoms with Gasteiger partial charge in [0.1, 0.15) is 12.4 Å². The highest BCUT2D eigenvalue weighted by Crippen LogP contribution is 2.28. The van der Waals surface area contributed by atoms with E-state index in [9.17, 15) is 0 Å². The summed E-state index contributed by atoms with van der Waals surface area (Å²) in [6.07, 6.45) is 12.4. The number of aromatic nitrogens is 2. The van der Waals surface area contributed by atoms with Crippen molar-refractivity contribution in [3.8, 4) is 0 Å². The smallest absolute Gasteiger partial charge is 0.126 e. The molecular formula is C17H34BN2. The van der Waals surface area contributed by atoms with E-state index >= 15 is 0 Å². The maximum Gasteiger partial charge on any atom is 0.126 e. The number of hydrogen-bond acceptors (Lipinski definition) is 0. The lowest BCUT2D eigenvalue weighted by atomic mass is 9.32. The second-order valence-electron chi connectivity index (χ2n) is 6.64. The van der Waals surface area contributed by atoms with E-state index in [4.69, 9.17) is 0 Å². The SMILES string of the molecule is CCCCC(C)[B-](c1n(C)cc[n+]1C)C(C)CCCC. The van der Waals surface area contributed by atoms with Gasteiger partial charge >= 0.3 is 0 Å². The maximum atomic E-state index is 2.45. The number of unbranched alkanes of at least 4 members (excludes halogenated alkanes) is 2. The van der Waals surface area contributed by atoms with E-state index < -0.39 is 0 Å². The van der Waals surface area contributed by atoms with Gasteiger partial charge in [0.15, 0.2) is 0 Å².